The fourth-order valence-electron chi connectivity index (χ4n) is 1.71. The number of rotatable bonds is 3. The average Bonchev–Trinajstić information content (AvgIpc) is 2.27. The summed E-state index contributed by atoms with van der Waals surface area (Å²) in [6, 6.07) is 9.92. The molecule has 0 spiro atoms. The second-order valence-corrected chi connectivity index (χ2v) is 5.86. The van der Waals surface area contributed by atoms with Crippen LogP contribution in [0.4, 0.5) is 0 Å². The predicted molar refractivity (Wildman–Crippen MR) is 77.1 cm³/mol. The fourth-order valence-corrected chi connectivity index (χ4v) is 2.20. The van der Waals surface area contributed by atoms with Gasteiger partial charge in [0.1, 0.15) is 5.82 Å². The molecule has 0 aliphatic carbocycles. The summed E-state index contributed by atoms with van der Waals surface area (Å²) in [5, 5.41) is 0. The van der Waals surface area contributed by atoms with E-state index in [4.69, 9.17) is 5.73 Å². The van der Waals surface area contributed by atoms with Gasteiger partial charge >= 0.3 is 0 Å². The second-order valence-electron chi connectivity index (χ2n) is 5.00. The molecule has 0 bridgehead atoms. The van der Waals surface area contributed by atoms with Crippen molar-refractivity contribution in [1.29, 1.82) is 0 Å². The molecule has 1 aromatic heterocycles. The van der Waals surface area contributed by atoms with Crippen LogP contribution in [-0.4, -0.2) is 15.5 Å². The van der Waals surface area contributed by atoms with Crippen LogP contribution in [0.2, 0.25) is 0 Å². The van der Waals surface area contributed by atoms with Crippen LogP contribution in [0.15, 0.2) is 41.0 Å². The summed E-state index contributed by atoms with van der Waals surface area (Å²) >= 11 is 3.53. The monoisotopic (exact) mass is 305 g/mol. The first-order chi connectivity index (χ1) is 8.46. The van der Waals surface area contributed by atoms with Crippen molar-refractivity contribution in [2.24, 2.45) is 5.73 Å². The molecule has 0 amide bonds. The topological polar surface area (TPSA) is 51.8 Å². The number of hydrogen-bond donors (Lipinski definition) is 1. The summed E-state index contributed by atoms with van der Waals surface area (Å²) < 4.78 is 1.03. The van der Waals surface area contributed by atoms with E-state index < -0.39 is 0 Å². The molecule has 2 N–H and O–H groups in total. The van der Waals surface area contributed by atoms with Crippen LogP contribution >= 0.6 is 15.9 Å². The van der Waals surface area contributed by atoms with E-state index in [1.807, 2.05) is 44.2 Å². The Bertz CT molecular complexity index is 547. The maximum absolute atomic E-state index is 6.00. The maximum atomic E-state index is 6.00. The first-order valence-corrected chi connectivity index (χ1v) is 6.61. The van der Waals surface area contributed by atoms with Crippen molar-refractivity contribution < 1.29 is 0 Å². The van der Waals surface area contributed by atoms with E-state index in [0.29, 0.717) is 6.42 Å². The summed E-state index contributed by atoms with van der Waals surface area (Å²) in [4.78, 5) is 8.84. The van der Waals surface area contributed by atoms with Gasteiger partial charge in [-0.15, -0.1) is 0 Å². The summed E-state index contributed by atoms with van der Waals surface area (Å²) in [5.74, 6) is 0.774. The van der Waals surface area contributed by atoms with Crippen molar-refractivity contribution in [2.45, 2.75) is 25.8 Å². The molecule has 1 heterocycles. The number of hydrogen-bond acceptors (Lipinski definition) is 3. The highest BCUT2D eigenvalue weighted by molar-refractivity contribution is 9.10. The van der Waals surface area contributed by atoms with Gasteiger partial charge in [0.15, 0.2) is 0 Å². The van der Waals surface area contributed by atoms with E-state index >= 15 is 0 Å². The van der Waals surface area contributed by atoms with Crippen molar-refractivity contribution in [3.8, 4) is 11.3 Å². The number of nitrogens with zero attached hydrogens (tertiary/aromatic N) is 2. The van der Waals surface area contributed by atoms with E-state index in [0.717, 1.165) is 21.6 Å². The zero-order valence-electron chi connectivity index (χ0n) is 10.5. The normalized spacial score (nSPS) is 11.6. The number of nitrogens with two attached hydrogens (primary N) is 1. The molecule has 0 saturated heterocycles. The van der Waals surface area contributed by atoms with Crippen LogP contribution < -0.4 is 5.73 Å². The van der Waals surface area contributed by atoms with Crippen molar-refractivity contribution in [2.75, 3.05) is 0 Å². The fraction of sp³-hybridized carbons (Fsp3) is 0.286. The summed E-state index contributed by atoms with van der Waals surface area (Å²) in [7, 11) is 0. The Labute approximate surface area is 116 Å². The van der Waals surface area contributed by atoms with Gasteiger partial charge in [0.2, 0.25) is 0 Å². The Hall–Kier alpha value is -1.26. The van der Waals surface area contributed by atoms with Crippen molar-refractivity contribution in [1.82, 2.24) is 9.97 Å². The van der Waals surface area contributed by atoms with E-state index in [1.54, 1.807) is 6.20 Å². The average molecular weight is 306 g/mol. The van der Waals surface area contributed by atoms with E-state index in [9.17, 15) is 0 Å². The lowest BCUT2D eigenvalue weighted by atomic mass is 10.0. The first-order valence-electron chi connectivity index (χ1n) is 5.81. The van der Waals surface area contributed by atoms with Gasteiger partial charge < -0.3 is 5.73 Å². The minimum absolute atomic E-state index is 0.299. The standard InChI is InChI=1S/C14H16BrN3/c1-14(2,16)9-13-17-8-7-12(18-13)10-5-3-4-6-11(10)15/h3-8H,9,16H2,1-2H3. The summed E-state index contributed by atoms with van der Waals surface area (Å²) in [6.07, 6.45) is 2.44. The molecule has 1 aromatic carbocycles. The lowest BCUT2D eigenvalue weighted by Gasteiger charge is -2.17. The molecule has 0 aliphatic rings. The number of halogens is 1. The quantitative estimate of drug-likeness (QED) is 0.947. The van der Waals surface area contributed by atoms with E-state index in [2.05, 4.69) is 25.9 Å². The Morgan fingerprint density at radius 3 is 2.61 bits per heavy atom. The van der Waals surface area contributed by atoms with Gasteiger partial charge in [0, 0.05) is 28.2 Å². The lowest BCUT2D eigenvalue weighted by Crippen LogP contribution is -2.35. The maximum Gasteiger partial charge on any atom is 0.130 e. The Morgan fingerprint density at radius 2 is 1.94 bits per heavy atom. The third-order valence-electron chi connectivity index (χ3n) is 2.47. The molecular weight excluding hydrogens is 290 g/mol. The van der Waals surface area contributed by atoms with Crippen LogP contribution in [0.3, 0.4) is 0 Å². The number of benzene rings is 1. The van der Waals surface area contributed by atoms with Gasteiger partial charge in [-0.05, 0) is 26.0 Å². The van der Waals surface area contributed by atoms with Gasteiger partial charge in [0.25, 0.3) is 0 Å². The molecule has 94 valence electrons. The van der Waals surface area contributed by atoms with Crippen LogP contribution in [0.5, 0.6) is 0 Å². The van der Waals surface area contributed by atoms with Crippen molar-refractivity contribution in [3.05, 3.63) is 46.8 Å². The third-order valence-corrected chi connectivity index (χ3v) is 3.16. The highest BCUT2D eigenvalue weighted by Crippen LogP contribution is 2.26. The molecular formula is C14H16BrN3. The smallest absolute Gasteiger partial charge is 0.130 e. The van der Waals surface area contributed by atoms with Crippen LogP contribution in [0, 0.1) is 0 Å². The summed E-state index contributed by atoms with van der Waals surface area (Å²) in [6.45, 7) is 3.95. The third kappa shape index (κ3) is 3.37. The molecule has 4 heteroatoms. The highest BCUT2D eigenvalue weighted by atomic mass is 79.9. The Balaban J connectivity index is 2.36. The van der Waals surface area contributed by atoms with E-state index in [1.165, 1.54) is 0 Å². The van der Waals surface area contributed by atoms with Crippen molar-refractivity contribution >= 4 is 15.9 Å². The summed E-state index contributed by atoms with van der Waals surface area (Å²) in [5.41, 5.74) is 7.68. The SMILES string of the molecule is CC(C)(N)Cc1nccc(-c2ccccc2Br)n1. The zero-order valence-corrected chi connectivity index (χ0v) is 12.1. The van der Waals surface area contributed by atoms with Gasteiger partial charge in [-0.1, -0.05) is 34.1 Å². The zero-order chi connectivity index (χ0) is 13.2. The molecule has 0 aliphatic heterocycles. The molecule has 3 nitrogen and oxygen atoms in total. The van der Waals surface area contributed by atoms with Gasteiger partial charge in [-0.2, -0.15) is 0 Å². The predicted octanol–water partition coefficient (Wildman–Crippen LogP) is 3.19. The molecule has 2 rings (SSSR count). The molecule has 0 atom stereocenters. The second kappa shape index (κ2) is 5.16. The largest absolute Gasteiger partial charge is 0.325 e. The molecule has 0 fully saturated rings. The van der Waals surface area contributed by atoms with E-state index in [-0.39, 0.29) is 5.54 Å². The van der Waals surface area contributed by atoms with Crippen molar-refractivity contribution in [3.63, 3.8) is 0 Å². The van der Waals surface area contributed by atoms with Gasteiger partial charge in [0.05, 0.1) is 5.69 Å². The minimum Gasteiger partial charge on any atom is -0.325 e. The lowest BCUT2D eigenvalue weighted by molar-refractivity contribution is 0.502. The Kier molecular flexibility index (Phi) is 3.78. The number of aromatic nitrogens is 2. The molecule has 0 unspecified atom stereocenters. The molecule has 18 heavy (non-hydrogen) atoms. The molecule has 0 radical (unpaired) electrons. The molecule has 2 aromatic rings. The Morgan fingerprint density at radius 1 is 1.22 bits per heavy atom. The van der Waals surface area contributed by atoms with Crippen LogP contribution in [-0.2, 0) is 6.42 Å². The highest BCUT2D eigenvalue weighted by Gasteiger charge is 2.14. The van der Waals surface area contributed by atoms with Crippen LogP contribution in [0.1, 0.15) is 19.7 Å². The van der Waals surface area contributed by atoms with Gasteiger partial charge in [-0.3, -0.25) is 0 Å². The van der Waals surface area contributed by atoms with Crippen LogP contribution in [0.25, 0.3) is 11.3 Å². The first kappa shape index (κ1) is 13.2. The minimum atomic E-state index is -0.299. The van der Waals surface area contributed by atoms with Gasteiger partial charge in [-0.25, -0.2) is 9.97 Å². The molecule has 0 saturated carbocycles.